The lowest BCUT2D eigenvalue weighted by atomic mass is 9.87. The molecule has 0 unspecified atom stereocenters. The summed E-state index contributed by atoms with van der Waals surface area (Å²) < 4.78 is 55.4. The molecule has 0 aromatic heterocycles. The molecule has 142 valence electrons. The summed E-state index contributed by atoms with van der Waals surface area (Å²) in [6.45, 7) is 0. The maximum atomic E-state index is 13.2. The second kappa shape index (κ2) is 6.65. The molecular formula is C16H19F4N5O. The average molecular weight is 373 g/mol. The first kappa shape index (κ1) is 18.3. The van der Waals surface area contributed by atoms with Gasteiger partial charge in [0.05, 0.1) is 0 Å². The Morgan fingerprint density at radius 3 is 2.50 bits per heavy atom. The van der Waals surface area contributed by atoms with Crippen LogP contribution in [0.2, 0.25) is 0 Å². The van der Waals surface area contributed by atoms with Gasteiger partial charge in [0.25, 0.3) is 0 Å². The number of hydrogen-bond donors (Lipinski definition) is 2. The van der Waals surface area contributed by atoms with Crippen molar-refractivity contribution < 1.29 is 22.3 Å². The smallest absolute Gasteiger partial charge is 0.428 e. The molecule has 1 aromatic carbocycles. The van der Waals surface area contributed by atoms with Crippen LogP contribution < -0.4 is 21.1 Å². The normalized spacial score (nSPS) is 20.1. The van der Waals surface area contributed by atoms with E-state index < -0.39 is 23.9 Å². The van der Waals surface area contributed by atoms with Crippen LogP contribution >= 0.6 is 0 Å². The van der Waals surface area contributed by atoms with Crippen LogP contribution in [0.5, 0.6) is 5.75 Å². The van der Waals surface area contributed by atoms with E-state index in [2.05, 4.69) is 14.7 Å². The van der Waals surface area contributed by atoms with E-state index in [1.54, 1.807) is 11.0 Å². The van der Waals surface area contributed by atoms with Crippen molar-refractivity contribution in [2.45, 2.75) is 50.3 Å². The molecule has 1 saturated carbocycles. The maximum Gasteiger partial charge on any atom is 0.461 e. The van der Waals surface area contributed by atoms with Gasteiger partial charge in [-0.3, -0.25) is 4.90 Å². The molecule has 0 bridgehead atoms. The Labute approximate surface area is 147 Å². The van der Waals surface area contributed by atoms with Crippen LogP contribution in [-0.2, 0) is 0 Å². The summed E-state index contributed by atoms with van der Waals surface area (Å²) in [7, 11) is 0. The maximum absolute atomic E-state index is 13.2. The van der Waals surface area contributed by atoms with Crippen molar-refractivity contribution in [2.24, 2.45) is 21.5 Å². The summed E-state index contributed by atoms with van der Waals surface area (Å²) >= 11 is 0. The first-order chi connectivity index (χ1) is 12.2. The Bertz CT molecular complexity index is 731. The number of hydrogen-bond acceptors (Lipinski definition) is 6. The van der Waals surface area contributed by atoms with Gasteiger partial charge in [-0.1, -0.05) is 12.5 Å². The van der Waals surface area contributed by atoms with Gasteiger partial charge in [-0.15, -0.1) is 0 Å². The van der Waals surface area contributed by atoms with Crippen molar-refractivity contribution in [3.8, 4) is 5.75 Å². The van der Waals surface area contributed by atoms with E-state index in [1.165, 1.54) is 18.2 Å². The van der Waals surface area contributed by atoms with Gasteiger partial charge in [-0.2, -0.15) is 22.6 Å². The number of halogens is 4. The molecule has 0 amide bonds. The zero-order valence-corrected chi connectivity index (χ0v) is 13.8. The first-order valence-corrected chi connectivity index (χ1v) is 8.18. The lowest BCUT2D eigenvalue weighted by molar-refractivity contribution is -0.253. The van der Waals surface area contributed by atoms with E-state index in [-0.39, 0.29) is 11.9 Å². The fourth-order valence-corrected chi connectivity index (χ4v) is 3.38. The fraction of sp³-hybridized carbons (Fsp3) is 0.500. The van der Waals surface area contributed by atoms with Gasteiger partial charge in [-0.05, 0) is 37.8 Å². The van der Waals surface area contributed by atoms with Gasteiger partial charge in [0.1, 0.15) is 11.4 Å². The Morgan fingerprint density at radius 2 is 1.85 bits per heavy atom. The van der Waals surface area contributed by atoms with Gasteiger partial charge >= 0.3 is 12.5 Å². The molecule has 2 aliphatic rings. The van der Waals surface area contributed by atoms with Gasteiger partial charge in [-0.25, -0.2) is 4.99 Å². The minimum atomic E-state index is -4.59. The van der Waals surface area contributed by atoms with Crippen LogP contribution in [0.15, 0.2) is 34.3 Å². The van der Waals surface area contributed by atoms with Gasteiger partial charge in [0.15, 0.2) is 0 Å². The van der Waals surface area contributed by atoms with Gasteiger partial charge in [0.2, 0.25) is 11.9 Å². The lowest BCUT2D eigenvalue weighted by Gasteiger charge is -2.45. The first-order valence-electron chi connectivity index (χ1n) is 8.18. The lowest BCUT2D eigenvalue weighted by Crippen LogP contribution is -2.58. The van der Waals surface area contributed by atoms with Crippen LogP contribution in [-0.4, -0.2) is 30.1 Å². The van der Waals surface area contributed by atoms with E-state index >= 15 is 0 Å². The van der Waals surface area contributed by atoms with E-state index in [0.717, 1.165) is 19.3 Å². The van der Waals surface area contributed by atoms with Crippen LogP contribution in [0, 0.1) is 0 Å². The molecule has 10 heteroatoms. The van der Waals surface area contributed by atoms with Crippen molar-refractivity contribution in [2.75, 3.05) is 4.90 Å². The number of nitrogens with two attached hydrogens (primary N) is 2. The highest BCUT2D eigenvalue weighted by Crippen LogP contribution is 2.40. The molecule has 0 atom stereocenters. The predicted molar refractivity (Wildman–Crippen MR) is 89.6 cm³/mol. The fourth-order valence-electron chi connectivity index (χ4n) is 3.38. The zero-order chi connectivity index (χ0) is 18.9. The van der Waals surface area contributed by atoms with E-state index in [0.29, 0.717) is 18.5 Å². The largest absolute Gasteiger partial charge is 0.461 e. The summed E-state index contributed by atoms with van der Waals surface area (Å²) in [6, 6.07) is 5.40. The minimum Gasteiger partial charge on any atom is -0.428 e. The number of guanidine groups is 2. The van der Waals surface area contributed by atoms with Crippen LogP contribution in [0.1, 0.15) is 32.1 Å². The topological polar surface area (TPSA) is 89.2 Å². The molecule has 1 aliphatic heterocycles. The highest BCUT2D eigenvalue weighted by Gasteiger charge is 2.45. The molecule has 0 radical (unpaired) electrons. The molecule has 3 rings (SSSR count). The SMILES string of the molecule is NC1=NC2(CCCCC2)N(c2cccc(OC(F)(F)C(F)F)c2)C(N)=N1. The van der Waals surface area contributed by atoms with E-state index in [4.69, 9.17) is 11.5 Å². The highest BCUT2D eigenvalue weighted by molar-refractivity contribution is 6.05. The Kier molecular flexibility index (Phi) is 4.68. The van der Waals surface area contributed by atoms with Crippen molar-refractivity contribution in [3.05, 3.63) is 24.3 Å². The van der Waals surface area contributed by atoms with Gasteiger partial charge in [0, 0.05) is 11.8 Å². The van der Waals surface area contributed by atoms with Crippen molar-refractivity contribution in [1.82, 2.24) is 0 Å². The number of benzene rings is 1. The Balaban J connectivity index is 1.96. The van der Waals surface area contributed by atoms with Crippen molar-refractivity contribution >= 4 is 17.6 Å². The number of anilines is 1. The molecule has 1 spiro atoms. The molecule has 1 heterocycles. The summed E-state index contributed by atoms with van der Waals surface area (Å²) in [5.74, 6) is -0.288. The molecule has 1 aromatic rings. The third kappa shape index (κ3) is 3.40. The molecule has 6 nitrogen and oxygen atoms in total. The highest BCUT2D eigenvalue weighted by atomic mass is 19.3. The monoisotopic (exact) mass is 373 g/mol. The number of ether oxygens (including phenoxy) is 1. The molecule has 1 aliphatic carbocycles. The summed E-state index contributed by atoms with van der Waals surface area (Å²) in [5.41, 5.74) is 11.4. The molecule has 4 N–H and O–H groups in total. The molecule has 26 heavy (non-hydrogen) atoms. The Morgan fingerprint density at radius 1 is 1.15 bits per heavy atom. The Hall–Kier alpha value is -2.52. The number of aliphatic imine (C=N–C) groups is 2. The van der Waals surface area contributed by atoms with E-state index in [1.807, 2.05) is 0 Å². The summed E-state index contributed by atoms with van der Waals surface area (Å²) in [5, 5.41) is 0. The second-order valence-electron chi connectivity index (χ2n) is 6.28. The summed E-state index contributed by atoms with van der Waals surface area (Å²) in [4.78, 5) is 10.0. The quantitative estimate of drug-likeness (QED) is 0.794. The molecule has 1 fully saturated rings. The summed E-state index contributed by atoms with van der Waals surface area (Å²) in [6.07, 6.45) is -4.41. The van der Waals surface area contributed by atoms with Crippen LogP contribution in [0.3, 0.4) is 0 Å². The molecular weight excluding hydrogens is 354 g/mol. The third-order valence-electron chi connectivity index (χ3n) is 4.44. The number of alkyl halides is 4. The predicted octanol–water partition coefficient (Wildman–Crippen LogP) is 3.03. The second-order valence-corrected chi connectivity index (χ2v) is 6.28. The third-order valence-corrected chi connectivity index (χ3v) is 4.44. The van der Waals surface area contributed by atoms with Gasteiger partial charge < -0.3 is 16.2 Å². The van der Waals surface area contributed by atoms with E-state index in [9.17, 15) is 17.6 Å². The minimum absolute atomic E-state index is 0.0530. The van der Waals surface area contributed by atoms with Crippen molar-refractivity contribution in [1.29, 1.82) is 0 Å². The average Bonchev–Trinajstić information content (AvgIpc) is 2.54. The standard InChI is InChI=1S/C16H19F4N5O/c17-12(18)16(19,20)26-11-6-4-5-10(9-11)25-14(22)23-13(21)24-15(25)7-2-1-3-8-15/h4-6,9,12H,1-3,7-8H2,(H4,21,22,23,24). The zero-order valence-electron chi connectivity index (χ0n) is 13.8. The number of rotatable bonds is 4. The van der Waals surface area contributed by atoms with Crippen molar-refractivity contribution in [3.63, 3.8) is 0 Å². The molecule has 0 saturated heterocycles. The van der Waals surface area contributed by atoms with Crippen LogP contribution in [0.25, 0.3) is 0 Å². The number of nitrogens with zero attached hydrogens (tertiary/aromatic N) is 3. The van der Waals surface area contributed by atoms with Crippen LogP contribution in [0.4, 0.5) is 23.2 Å².